The Morgan fingerprint density at radius 3 is 2.71 bits per heavy atom. The van der Waals surface area contributed by atoms with E-state index in [2.05, 4.69) is 38.6 Å². The molecule has 3 heterocycles. The van der Waals surface area contributed by atoms with Crippen LogP contribution < -0.4 is 22.1 Å². The molecule has 0 bridgehead atoms. The number of hydrogen-bond donors (Lipinski definition) is 4. The Labute approximate surface area is 207 Å². The number of hydrogen-bond acceptors (Lipinski definition) is 8. The second-order valence-electron chi connectivity index (χ2n) is 8.93. The summed E-state index contributed by atoms with van der Waals surface area (Å²) in [7, 11) is 0. The molecule has 0 unspecified atom stereocenters. The number of nitrogens with one attached hydrogen (secondary N) is 2. The van der Waals surface area contributed by atoms with E-state index in [-0.39, 0.29) is 0 Å². The van der Waals surface area contributed by atoms with E-state index in [0.29, 0.717) is 23.4 Å². The maximum Gasteiger partial charge on any atom is 0.181 e. The smallest absolute Gasteiger partial charge is 0.181 e. The minimum atomic E-state index is 0.311. The van der Waals surface area contributed by atoms with Crippen LogP contribution in [0.3, 0.4) is 0 Å². The van der Waals surface area contributed by atoms with Gasteiger partial charge >= 0.3 is 0 Å². The highest BCUT2D eigenvalue weighted by Gasteiger charge is 2.35. The first-order valence-electron chi connectivity index (χ1n) is 12.2. The standard InChI is InChI=1S/C26H36N8O/c1-3-20(17-33-12-10-29-11-13-33)8-9-25(28)31-19(2)32-26-21(15-27)14-23(24-16-30-18-35-24)34(26)22-6-4-5-7-22/h3,8-9,14-16,18,22,29,31H,1-2,4-7,10-13,17,27-28H2/b20-8+,21-15-,25-9+,32-26+. The summed E-state index contributed by atoms with van der Waals surface area (Å²) in [5.74, 6) is 2.30. The van der Waals surface area contributed by atoms with E-state index >= 15 is 0 Å². The van der Waals surface area contributed by atoms with Crippen LogP contribution in [0.4, 0.5) is 0 Å². The number of oxazole rings is 1. The zero-order valence-electron chi connectivity index (χ0n) is 20.2. The van der Waals surface area contributed by atoms with E-state index < -0.39 is 0 Å². The molecule has 3 aliphatic rings. The van der Waals surface area contributed by atoms with Crippen LogP contribution in [0.1, 0.15) is 31.4 Å². The van der Waals surface area contributed by atoms with E-state index in [1.165, 1.54) is 19.2 Å². The zero-order valence-corrected chi connectivity index (χ0v) is 20.2. The van der Waals surface area contributed by atoms with E-state index in [1.807, 2.05) is 24.3 Å². The van der Waals surface area contributed by atoms with Gasteiger partial charge in [0.1, 0.15) is 17.5 Å². The van der Waals surface area contributed by atoms with Crippen molar-refractivity contribution in [3.8, 4) is 0 Å². The third-order valence-electron chi connectivity index (χ3n) is 6.48. The van der Waals surface area contributed by atoms with Crippen LogP contribution in [-0.4, -0.2) is 59.4 Å². The van der Waals surface area contributed by atoms with Gasteiger partial charge in [-0.25, -0.2) is 9.98 Å². The lowest BCUT2D eigenvalue weighted by molar-refractivity contribution is 0.261. The molecule has 0 amide bonds. The van der Waals surface area contributed by atoms with Gasteiger partial charge in [-0.3, -0.25) is 4.90 Å². The summed E-state index contributed by atoms with van der Waals surface area (Å²) in [6.45, 7) is 12.9. The van der Waals surface area contributed by atoms with Crippen molar-refractivity contribution >= 4 is 11.5 Å². The molecule has 1 aromatic heterocycles. The van der Waals surface area contributed by atoms with Gasteiger partial charge in [0.2, 0.25) is 0 Å². The number of piperazine rings is 1. The van der Waals surface area contributed by atoms with Crippen LogP contribution in [0.25, 0.3) is 5.70 Å². The third kappa shape index (κ3) is 6.12. The first-order valence-corrected chi connectivity index (χ1v) is 12.2. The second-order valence-corrected chi connectivity index (χ2v) is 8.93. The fourth-order valence-corrected chi connectivity index (χ4v) is 4.71. The maximum absolute atomic E-state index is 6.24. The quantitative estimate of drug-likeness (QED) is 0.401. The van der Waals surface area contributed by atoms with Crippen molar-refractivity contribution in [3.05, 3.63) is 84.8 Å². The van der Waals surface area contributed by atoms with Gasteiger partial charge in [0, 0.05) is 50.5 Å². The summed E-state index contributed by atoms with van der Waals surface area (Å²) < 4.78 is 5.60. The Hall–Kier alpha value is -3.56. The first-order chi connectivity index (χ1) is 17.1. The number of amidine groups is 1. The molecule has 0 aromatic carbocycles. The Morgan fingerprint density at radius 2 is 2.06 bits per heavy atom. The highest BCUT2D eigenvalue weighted by molar-refractivity contribution is 6.11. The second kappa shape index (κ2) is 11.7. The third-order valence-corrected chi connectivity index (χ3v) is 6.48. The average Bonchev–Trinajstić information content (AvgIpc) is 3.63. The predicted octanol–water partition coefficient (Wildman–Crippen LogP) is 2.39. The summed E-state index contributed by atoms with van der Waals surface area (Å²) in [4.78, 5) is 13.5. The van der Waals surface area contributed by atoms with Crippen molar-refractivity contribution in [2.75, 3.05) is 32.7 Å². The molecule has 1 saturated carbocycles. The minimum Gasteiger partial charge on any atom is -0.442 e. The molecule has 1 aromatic rings. The molecule has 1 saturated heterocycles. The van der Waals surface area contributed by atoms with Gasteiger partial charge in [0.25, 0.3) is 0 Å². The molecule has 9 heteroatoms. The molecule has 6 N–H and O–H groups in total. The van der Waals surface area contributed by atoms with Gasteiger partial charge in [-0.2, -0.15) is 0 Å². The van der Waals surface area contributed by atoms with E-state index in [0.717, 1.165) is 68.2 Å². The molecule has 0 radical (unpaired) electrons. The number of nitrogens with two attached hydrogens (primary N) is 2. The van der Waals surface area contributed by atoms with Gasteiger partial charge in [-0.15, -0.1) is 0 Å². The summed E-state index contributed by atoms with van der Waals surface area (Å²) >= 11 is 0. The predicted molar refractivity (Wildman–Crippen MR) is 140 cm³/mol. The lowest BCUT2D eigenvalue weighted by Crippen LogP contribution is -2.44. The molecule has 1 aliphatic carbocycles. The summed E-state index contributed by atoms with van der Waals surface area (Å²) in [5.41, 5.74) is 15.0. The molecule has 2 fully saturated rings. The van der Waals surface area contributed by atoms with Crippen LogP contribution >= 0.6 is 0 Å². The first kappa shape index (κ1) is 24.6. The number of nitrogens with zero attached hydrogens (tertiary/aromatic N) is 4. The Bertz CT molecular complexity index is 1050. The lowest BCUT2D eigenvalue weighted by Gasteiger charge is -2.29. The Kier molecular flexibility index (Phi) is 8.23. The highest BCUT2D eigenvalue weighted by atomic mass is 16.3. The number of allylic oxidation sites excluding steroid dienone is 2. The minimum absolute atomic E-state index is 0.311. The molecule has 4 rings (SSSR count). The number of aliphatic imine (C=N–C) groups is 1. The molecule has 35 heavy (non-hydrogen) atoms. The molecule has 2 aliphatic heterocycles. The van der Waals surface area contributed by atoms with Crippen LogP contribution in [0, 0.1) is 0 Å². The topological polar surface area (TPSA) is 121 Å². The molecule has 9 nitrogen and oxygen atoms in total. The summed E-state index contributed by atoms with van der Waals surface area (Å²) in [6.07, 6.45) is 16.9. The van der Waals surface area contributed by atoms with Crippen molar-refractivity contribution in [1.29, 1.82) is 0 Å². The van der Waals surface area contributed by atoms with E-state index in [4.69, 9.17) is 20.9 Å². The van der Waals surface area contributed by atoms with Crippen LogP contribution in [0.15, 0.2) is 88.5 Å². The van der Waals surface area contributed by atoms with Crippen LogP contribution in [0.2, 0.25) is 0 Å². The Balaban J connectivity index is 1.48. The molecule has 0 spiro atoms. The molecule has 186 valence electrons. The van der Waals surface area contributed by atoms with E-state index in [1.54, 1.807) is 12.4 Å². The van der Waals surface area contributed by atoms with Crippen LogP contribution in [-0.2, 0) is 0 Å². The average molecular weight is 477 g/mol. The van der Waals surface area contributed by atoms with Crippen molar-refractivity contribution in [3.63, 3.8) is 0 Å². The summed E-state index contributed by atoms with van der Waals surface area (Å²) in [5, 5.41) is 6.46. The van der Waals surface area contributed by atoms with Gasteiger partial charge in [-0.05, 0) is 30.6 Å². The van der Waals surface area contributed by atoms with Crippen molar-refractivity contribution in [2.24, 2.45) is 16.5 Å². The fraction of sp³-hybridized carbons (Fsp3) is 0.385. The zero-order chi connectivity index (χ0) is 24.6. The highest BCUT2D eigenvalue weighted by Crippen LogP contribution is 2.37. The Morgan fingerprint density at radius 1 is 1.29 bits per heavy atom. The van der Waals surface area contributed by atoms with Crippen molar-refractivity contribution in [2.45, 2.75) is 31.7 Å². The number of aromatic nitrogens is 1. The summed E-state index contributed by atoms with van der Waals surface area (Å²) in [6, 6.07) is 0.311. The molecule has 0 atom stereocenters. The van der Waals surface area contributed by atoms with E-state index in [9.17, 15) is 0 Å². The monoisotopic (exact) mass is 476 g/mol. The molecular formula is C26H36N8O. The SMILES string of the molecule is C=C/C(=C\C=C(/N)NC(=C)/N=C1\C(=C/N)C=C(c2cnco2)N1C1CCCC1)CN1CCNCC1. The fourth-order valence-electron chi connectivity index (χ4n) is 4.71. The van der Waals surface area contributed by atoms with Gasteiger partial charge in [0.05, 0.1) is 11.9 Å². The molecular weight excluding hydrogens is 440 g/mol. The normalized spacial score (nSPS) is 22.7. The van der Waals surface area contributed by atoms with Gasteiger partial charge in [0.15, 0.2) is 12.2 Å². The van der Waals surface area contributed by atoms with Crippen molar-refractivity contribution < 1.29 is 4.42 Å². The van der Waals surface area contributed by atoms with Gasteiger partial charge < -0.3 is 31.4 Å². The van der Waals surface area contributed by atoms with Gasteiger partial charge in [-0.1, -0.05) is 38.2 Å². The van der Waals surface area contributed by atoms with Crippen molar-refractivity contribution in [1.82, 2.24) is 25.4 Å². The lowest BCUT2D eigenvalue weighted by atomic mass is 10.2. The van der Waals surface area contributed by atoms with Crippen LogP contribution in [0.5, 0.6) is 0 Å². The largest absolute Gasteiger partial charge is 0.442 e. The maximum atomic E-state index is 6.24. The number of rotatable bonds is 9.